The van der Waals surface area contributed by atoms with Crippen molar-refractivity contribution in [3.63, 3.8) is 0 Å². The zero-order valence-electron chi connectivity index (χ0n) is 20.2. The molecule has 0 radical (unpaired) electrons. The summed E-state index contributed by atoms with van der Waals surface area (Å²) in [6.45, 7) is 0.516. The minimum Gasteiger partial charge on any atom is -0.465 e. The summed E-state index contributed by atoms with van der Waals surface area (Å²) < 4.78 is 4.70. The van der Waals surface area contributed by atoms with Gasteiger partial charge in [-0.2, -0.15) is 0 Å². The van der Waals surface area contributed by atoms with Gasteiger partial charge in [-0.3, -0.25) is 14.5 Å². The highest BCUT2D eigenvalue weighted by atomic mass is 35.5. The van der Waals surface area contributed by atoms with Crippen LogP contribution < -0.4 is 10.2 Å². The average molecular weight is 536 g/mol. The third-order valence-electron chi connectivity index (χ3n) is 6.06. The van der Waals surface area contributed by atoms with Gasteiger partial charge in [-0.15, -0.1) is 0 Å². The number of halogens is 1. The van der Waals surface area contributed by atoms with Gasteiger partial charge in [0, 0.05) is 17.3 Å². The number of amides is 2. The van der Waals surface area contributed by atoms with E-state index in [9.17, 15) is 14.4 Å². The van der Waals surface area contributed by atoms with Crippen LogP contribution in [0.3, 0.4) is 0 Å². The second kappa shape index (κ2) is 12.0. The number of hydrogen-bond donors (Lipinski definition) is 1. The molecule has 1 aliphatic rings. The number of methoxy groups -OCH3 is 1. The quantitative estimate of drug-likeness (QED) is 0.304. The molecule has 3 aromatic rings. The van der Waals surface area contributed by atoms with Crippen molar-refractivity contribution < 1.29 is 19.1 Å². The third kappa shape index (κ3) is 6.34. The van der Waals surface area contributed by atoms with Crippen LogP contribution in [0.2, 0.25) is 5.02 Å². The van der Waals surface area contributed by atoms with Gasteiger partial charge in [0.1, 0.15) is 6.04 Å². The molecule has 0 saturated carbocycles. The summed E-state index contributed by atoms with van der Waals surface area (Å²) in [6, 6.07) is 22.6. The maximum absolute atomic E-state index is 13.5. The zero-order valence-corrected chi connectivity index (χ0v) is 21.8. The van der Waals surface area contributed by atoms with Crippen molar-refractivity contribution in [3.8, 4) is 0 Å². The molecule has 1 unspecified atom stereocenters. The van der Waals surface area contributed by atoms with Crippen molar-refractivity contribution >= 4 is 58.1 Å². The van der Waals surface area contributed by atoms with Crippen molar-refractivity contribution in [1.29, 1.82) is 0 Å². The maximum atomic E-state index is 13.5. The molecule has 3 aromatic carbocycles. The number of esters is 1. The fourth-order valence-electron chi connectivity index (χ4n) is 4.23. The standard InChI is InChI=1S/C28H26ClN3O4S/c1-36-27(35)20-12-14-22(15-13-20)30-25(33)18-24-26(34)32(23-11-5-10-21(29)17-23)28(37)31(24)16-6-9-19-7-3-2-4-8-19/h2-5,7-8,10-15,17,24H,6,9,16,18H2,1H3,(H,30,33). The summed E-state index contributed by atoms with van der Waals surface area (Å²) in [7, 11) is 1.30. The molecule has 0 bridgehead atoms. The van der Waals surface area contributed by atoms with Gasteiger partial charge in [0.25, 0.3) is 5.91 Å². The van der Waals surface area contributed by atoms with Gasteiger partial charge in [-0.05, 0) is 73.1 Å². The first-order valence-electron chi connectivity index (χ1n) is 11.8. The van der Waals surface area contributed by atoms with E-state index in [4.69, 9.17) is 28.6 Å². The van der Waals surface area contributed by atoms with Gasteiger partial charge >= 0.3 is 5.97 Å². The number of thiocarbonyl (C=S) groups is 1. The van der Waals surface area contributed by atoms with Crippen LogP contribution in [0.4, 0.5) is 11.4 Å². The first-order valence-corrected chi connectivity index (χ1v) is 12.6. The van der Waals surface area contributed by atoms with Gasteiger partial charge < -0.3 is 15.0 Å². The number of ether oxygens (including phenoxy) is 1. The predicted octanol–water partition coefficient (Wildman–Crippen LogP) is 5.09. The molecule has 2 amide bonds. The topological polar surface area (TPSA) is 78.9 Å². The Hall–Kier alpha value is -3.75. The summed E-state index contributed by atoms with van der Waals surface area (Å²) in [5.74, 6) is -1.08. The minimum atomic E-state index is -0.753. The Labute approximate surface area is 226 Å². The number of nitrogens with one attached hydrogen (secondary N) is 1. The number of aryl methyl sites for hydroxylation is 1. The molecule has 1 saturated heterocycles. The minimum absolute atomic E-state index is 0.0832. The largest absolute Gasteiger partial charge is 0.465 e. The summed E-state index contributed by atoms with van der Waals surface area (Å²) in [4.78, 5) is 41.4. The number of anilines is 2. The number of benzene rings is 3. The fourth-order valence-corrected chi connectivity index (χ4v) is 4.83. The van der Waals surface area contributed by atoms with E-state index in [1.165, 1.54) is 17.6 Å². The lowest BCUT2D eigenvalue weighted by atomic mass is 10.1. The molecule has 1 N–H and O–H groups in total. The Balaban J connectivity index is 1.49. The van der Waals surface area contributed by atoms with E-state index in [0.717, 1.165) is 12.8 Å². The first-order chi connectivity index (χ1) is 17.9. The molecule has 7 nitrogen and oxygen atoms in total. The summed E-state index contributed by atoms with van der Waals surface area (Å²) in [5.41, 5.74) is 2.64. The van der Waals surface area contributed by atoms with E-state index in [-0.39, 0.29) is 18.2 Å². The predicted molar refractivity (Wildman–Crippen MR) is 148 cm³/mol. The molecule has 1 heterocycles. The highest BCUT2D eigenvalue weighted by molar-refractivity contribution is 7.80. The summed E-state index contributed by atoms with van der Waals surface area (Å²) in [6.07, 6.45) is 1.49. The lowest BCUT2D eigenvalue weighted by Gasteiger charge is -2.24. The SMILES string of the molecule is COC(=O)c1ccc(NC(=O)CC2C(=O)N(c3cccc(Cl)c3)C(=S)N2CCCc2ccccc2)cc1. The van der Waals surface area contributed by atoms with Gasteiger partial charge in [0.15, 0.2) is 5.11 Å². The molecule has 0 aromatic heterocycles. The van der Waals surface area contributed by atoms with Crippen molar-refractivity contribution in [3.05, 3.63) is 95.0 Å². The van der Waals surface area contributed by atoms with E-state index < -0.39 is 12.0 Å². The van der Waals surface area contributed by atoms with Gasteiger partial charge in [-0.25, -0.2) is 4.79 Å². The molecule has 1 aliphatic heterocycles. The number of carbonyl (C=O) groups excluding carboxylic acids is 3. The molecule has 37 heavy (non-hydrogen) atoms. The van der Waals surface area contributed by atoms with Crippen LogP contribution in [0.15, 0.2) is 78.9 Å². The Kier molecular flexibility index (Phi) is 8.53. The zero-order chi connectivity index (χ0) is 26.4. The first kappa shape index (κ1) is 26.3. The highest BCUT2D eigenvalue weighted by Gasteiger charge is 2.43. The van der Waals surface area contributed by atoms with Crippen molar-refractivity contribution in [2.24, 2.45) is 0 Å². The molecule has 4 rings (SSSR count). The molecule has 9 heteroatoms. The van der Waals surface area contributed by atoms with Crippen LogP contribution in [0.5, 0.6) is 0 Å². The molecular formula is C28H26ClN3O4S. The Bertz CT molecular complexity index is 1300. The summed E-state index contributed by atoms with van der Waals surface area (Å²) in [5, 5.41) is 3.64. The van der Waals surface area contributed by atoms with E-state index in [2.05, 4.69) is 17.4 Å². The monoisotopic (exact) mass is 535 g/mol. The molecule has 1 fully saturated rings. The van der Waals surface area contributed by atoms with Crippen molar-refractivity contribution in [1.82, 2.24) is 4.90 Å². The Morgan fingerprint density at radius 2 is 1.76 bits per heavy atom. The van der Waals surface area contributed by atoms with Gasteiger partial charge in [-0.1, -0.05) is 48.0 Å². The smallest absolute Gasteiger partial charge is 0.337 e. The number of hydrogen-bond acceptors (Lipinski definition) is 5. The lowest BCUT2D eigenvalue weighted by Crippen LogP contribution is -2.38. The van der Waals surface area contributed by atoms with Crippen LogP contribution in [-0.4, -0.2) is 47.5 Å². The fraction of sp³-hybridized carbons (Fsp3) is 0.214. The highest BCUT2D eigenvalue weighted by Crippen LogP contribution is 2.29. The van der Waals surface area contributed by atoms with Crippen LogP contribution in [0, 0.1) is 0 Å². The molecule has 0 spiro atoms. The van der Waals surface area contributed by atoms with Crippen LogP contribution in [0.1, 0.15) is 28.8 Å². The van der Waals surface area contributed by atoms with E-state index in [1.54, 1.807) is 48.5 Å². The summed E-state index contributed by atoms with van der Waals surface area (Å²) >= 11 is 11.9. The molecular weight excluding hydrogens is 510 g/mol. The lowest BCUT2D eigenvalue weighted by molar-refractivity contribution is -0.124. The maximum Gasteiger partial charge on any atom is 0.337 e. The van der Waals surface area contributed by atoms with E-state index >= 15 is 0 Å². The number of rotatable bonds is 9. The third-order valence-corrected chi connectivity index (χ3v) is 6.71. The Morgan fingerprint density at radius 1 is 1.03 bits per heavy atom. The van der Waals surface area contributed by atoms with Crippen LogP contribution in [-0.2, 0) is 20.7 Å². The number of carbonyl (C=O) groups is 3. The van der Waals surface area contributed by atoms with Crippen molar-refractivity contribution in [2.75, 3.05) is 23.9 Å². The van der Waals surface area contributed by atoms with Crippen LogP contribution in [0.25, 0.3) is 0 Å². The average Bonchev–Trinajstić information content (AvgIpc) is 3.13. The normalized spacial score (nSPS) is 15.1. The molecule has 190 valence electrons. The molecule has 1 atom stereocenters. The molecule has 0 aliphatic carbocycles. The van der Waals surface area contributed by atoms with E-state index in [0.29, 0.717) is 33.6 Å². The van der Waals surface area contributed by atoms with Gasteiger partial charge in [0.05, 0.1) is 24.8 Å². The number of nitrogens with zero attached hydrogens (tertiary/aromatic N) is 2. The van der Waals surface area contributed by atoms with Crippen LogP contribution >= 0.6 is 23.8 Å². The second-order valence-electron chi connectivity index (χ2n) is 8.56. The van der Waals surface area contributed by atoms with Crippen molar-refractivity contribution in [2.45, 2.75) is 25.3 Å². The van der Waals surface area contributed by atoms with E-state index in [1.807, 2.05) is 23.1 Å². The second-order valence-corrected chi connectivity index (χ2v) is 9.36. The van der Waals surface area contributed by atoms with Gasteiger partial charge in [0.2, 0.25) is 5.91 Å². The Morgan fingerprint density at radius 3 is 2.43 bits per heavy atom.